The fourth-order valence-electron chi connectivity index (χ4n) is 2.24. The molecular formula is C18H37N. The van der Waals surface area contributed by atoms with E-state index in [1.54, 1.807) is 0 Å². The van der Waals surface area contributed by atoms with E-state index in [1.807, 2.05) is 0 Å². The number of hydrogen-bond donors (Lipinski definition) is 1. The zero-order chi connectivity index (χ0) is 14.0. The first-order chi connectivity index (χ1) is 9.41. The lowest BCUT2D eigenvalue weighted by molar-refractivity contribution is 0.576. The van der Waals surface area contributed by atoms with E-state index in [1.165, 1.54) is 90.1 Å². The number of nitrogens with one attached hydrogen (secondary N) is 1. The summed E-state index contributed by atoms with van der Waals surface area (Å²) in [6.07, 6.45) is 21.0. The first-order valence-corrected chi connectivity index (χ1v) is 8.77. The van der Waals surface area contributed by atoms with Gasteiger partial charge >= 0.3 is 0 Å². The van der Waals surface area contributed by atoms with Crippen molar-refractivity contribution in [3.63, 3.8) is 0 Å². The predicted octanol–water partition coefficient (Wildman–Crippen LogP) is 5.85. The van der Waals surface area contributed by atoms with E-state index in [0.717, 1.165) is 0 Å². The molecule has 0 heterocycles. The van der Waals surface area contributed by atoms with Gasteiger partial charge in [-0.1, -0.05) is 64.5 Å². The summed E-state index contributed by atoms with van der Waals surface area (Å²) >= 11 is 0. The topological polar surface area (TPSA) is 12.0 Å². The molecule has 0 unspecified atom stereocenters. The van der Waals surface area contributed by atoms with E-state index in [0.29, 0.717) is 0 Å². The summed E-state index contributed by atoms with van der Waals surface area (Å²) in [7, 11) is 0. The molecule has 19 heavy (non-hydrogen) atoms. The van der Waals surface area contributed by atoms with Crippen molar-refractivity contribution >= 4 is 0 Å². The van der Waals surface area contributed by atoms with Crippen LogP contribution < -0.4 is 5.32 Å². The molecule has 0 aromatic rings. The Hall–Kier alpha value is -0.300. The van der Waals surface area contributed by atoms with Crippen LogP contribution in [0, 0.1) is 0 Å². The summed E-state index contributed by atoms with van der Waals surface area (Å²) in [4.78, 5) is 0. The van der Waals surface area contributed by atoms with E-state index < -0.39 is 0 Å². The van der Waals surface area contributed by atoms with Gasteiger partial charge in [-0.15, -0.1) is 0 Å². The molecule has 0 fully saturated rings. The zero-order valence-corrected chi connectivity index (χ0v) is 13.6. The molecule has 1 nitrogen and oxygen atoms in total. The van der Waals surface area contributed by atoms with Gasteiger partial charge in [-0.25, -0.2) is 0 Å². The maximum absolute atomic E-state index is 3.53. The van der Waals surface area contributed by atoms with Crippen molar-refractivity contribution in [2.75, 3.05) is 13.1 Å². The van der Waals surface area contributed by atoms with E-state index in [2.05, 4.69) is 31.3 Å². The van der Waals surface area contributed by atoms with Crippen molar-refractivity contribution in [1.82, 2.24) is 5.32 Å². The minimum atomic E-state index is 1.21. The molecule has 1 N–H and O–H groups in total. The maximum atomic E-state index is 3.53. The molecule has 0 radical (unpaired) electrons. The molecule has 0 amide bonds. The quantitative estimate of drug-likeness (QED) is 0.290. The lowest BCUT2D eigenvalue weighted by Gasteiger charge is -2.03. The second kappa shape index (κ2) is 17.7. The number of rotatable bonds is 15. The number of allylic oxidation sites excluding steroid dienone is 2. The van der Waals surface area contributed by atoms with Crippen LogP contribution in [0.25, 0.3) is 0 Å². The summed E-state index contributed by atoms with van der Waals surface area (Å²) in [6, 6.07) is 0. The smallest absolute Gasteiger partial charge is 0.00489 e. The highest BCUT2D eigenvalue weighted by atomic mass is 14.8. The van der Waals surface area contributed by atoms with Crippen LogP contribution in [0.15, 0.2) is 12.2 Å². The van der Waals surface area contributed by atoms with Gasteiger partial charge < -0.3 is 5.32 Å². The van der Waals surface area contributed by atoms with Crippen LogP contribution in [0.2, 0.25) is 0 Å². The van der Waals surface area contributed by atoms with Crippen molar-refractivity contribution in [2.24, 2.45) is 0 Å². The van der Waals surface area contributed by atoms with Gasteiger partial charge in [-0.05, 0) is 51.6 Å². The molecule has 0 aliphatic heterocycles. The fraction of sp³-hybridized carbons (Fsp3) is 0.889. The third kappa shape index (κ3) is 17.7. The summed E-state index contributed by atoms with van der Waals surface area (Å²) < 4.78 is 0. The Bertz CT molecular complexity index is 175. The molecule has 0 aliphatic rings. The summed E-state index contributed by atoms with van der Waals surface area (Å²) in [5.74, 6) is 0. The Balaban J connectivity index is 2.99. The van der Waals surface area contributed by atoms with Crippen LogP contribution in [0.5, 0.6) is 0 Å². The Morgan fingerprint density at radius 3 is 1.63 bits per heavy atom. The summed E-state index contributed by atoms with van der Waals surface area (Å²) in [6.45, 7) is 6.96. The van der Waals surface area contributed by atoms with Gasteiger partial charge in [0.2, 0.25) is 0 Å². The van der Waals surface area contributed by atoms with Crippen molar-refractivity contribution in [3.05, 3.63) is 12.2 Å². The predicted molar refractivity (Wildman–Crippen MR) is 88.8 cm³/mol. The average Bonchev–Trinajstić information content (AvgIpc) is 2.43. The average molecular weight is 268 g/mol. The van der Waals surface area contributed by atoms with Crippen LogP contribution in [-0.2, 0) is 0 Å². The van der Waals surface area contributed by atoms with E-state index >= 15 is 0 Å². The van der Waals surface area contributed by atoms with Gasteiger partial charge in [0.15, 0.2) is 0 Å². The standard InChI is InChI=1S/C18H37N/c1-3-5-7-8-9-10-11-12-13-14-16-18-19-17-15-6-4-2/h10-11,19H,3-9,12-18H2,1-2H3. The first kappa shape index (κ1) is 18.7. The van der Waals surface area contributed by atoms with Gasteiger partial charge in [-0.2, -0.15) is 0 Å². The molecule has 0 aromatic heterocycles. The first-order valence-electron chi connectivity index (χ1n) is 8.77. The summed E-state index contributed by atoms with van der Waals surface area (Å²) in [5, 5.41) is 3.53. The van der Waals surface area contributed by atoms with Crippen LogP contribution in [0.3, 0.4) is 0 Å². The third-order valence-corrected chi connectivity index (χ3v) is 3.57. The van der Waals surface area contributed by atoms with Crippen molar-refractivity contribution < 1.29 is 0 Å². The van der Waals surface area contributed by atoms with Crippen molar-refractivity contribution in [1.29, 1.82) is 0 Å². The minimum absolute atomic E-state index is 1.21. The molecule has 0 rings (SSSR count). The lowest BCUT2D eigenvalue weighted by atomic mass is 10.1. The third-order valence-electron chi connectivity index (χ3n) is 3.57. The largest absolute Gasteiger partial charge is 0.317 e. The van der Waals surface area contributed by atoms with E-state index in [9.17, 15) is 0 Å². The molecular weight excluding hydrogens is 230 g/mol. The zero-order valence-electron chi connectivity index (χ0n) is 13.6. The lowest BCUT2D eigenvalue weighted by Crippen LogP contribution is -2.16. The minimum Gasteiger partial charge on any atom is -0.317 e. The molecule has 0 atom stereocenters. The van der Waals surface area contributed by atoms with Gasteiger partial charge in [0.05, 0.1) is 0 Å². The Labute approximate surface area is 122 Å². The monoisotopic (exact) mass is 267 g/mol. The highest BCUT2D eigenvalue weighted by Crippen LogP contribution is 2.05. The van der Waals surface area contributed by atoms with Gasteiger partial charge in [0.1, 0.15) is 0 Å². The van der Waals surface area contributed by atoms with E-state index in [4.69, 9.17) is 0 Å². The van der Waals surface area contributed by atoms with Crippen LogP contribution >= 0.6 is 0 Å². The highest BCUT2D eigenvalue weighted by molar-refractivity contribution is 4.81. The normalized spacial score (nSPS) is 11.5. The van der Waals surface area contributed by atoms with Crippen LogP contribution in [0.1, 0.15) is 90.9 Å². The molecule has 0 bridgehead atoms. The molecule has 0 aromatic carbocycles. The second-order valence-electron chi connectivity index (χ2n) is 5.63. The molecule has 0 saturated carbocycles. The van der Waals surface area contributed by atoms with Gasteiger partial charge in [0.25, 0.3) is 0 Å². The number of unbranched alkanes of at least 4 members (excludes halogenated alkanes) is 9. The second-order valence-corrected chi connectivity index (χ2v) is 5.63. The maximum Gasteiger partial charge on any atom is -0.00489 e. The van der Waals surface area contributed by atoms with Crippen LogP contribution in [0.4, 0.5) is 0 Å². The molecule has 1 heteroatoms. The fourth-order valence-corrected chi connectivity index (χ4v) is 2.24. The Morgan fingerprint density at radius 1 is 0.579 bits per heavy atom. The van der Waals surface area contributed by atoms with Gasteiger partial charge in [0, 0.05) is 0 Å². The Morgan fingerprint density at radius 2 is 1.05 bits per heavy atom. The highest BCUT2D eigenvalue weighted by Gasteiger charge is 1.90. The molecule has 0 saturated heterocycles. The van der Waals surface area contributed by atoms with Gasteiger partial charge in [-0.3, -0.25) is 0 Å². The van der Waals surface area contributed by atoms with Crippen molar-refractivity contribution in [2.45, 2.75) is 90.9 Å². The SMILES string of the molecule is CCCCCCC=CCCCCCNCCCCC. The Kier molecular flexibility index (Phi) is 17.4. The molecule has 114 valence electrons. The van der Waals surface area contributed by atoms with E-state index in [-0.39, 0.29) is 0 Å². The summed E-state index contributed by atoms with van der Waals surface area (Å²) in [5.41, 5.74) is 0. The van der Waals surface area contributed by atoms with Crippen molar-refractivity contribution in [3.8, 4) is 0 Å². The van der Waals surface area contributed by atoms with Crippen LogP contribution in [-0.4, -0.2) is 13.1 Å². The number of hydrogen-bond acceptors (Lipinski definition) is 1. The molecule has 0 spiro atoms. The molecule has 0 aliphatic carbocycles.